The molecular weight excluding hydrogens is 264 g/mol. The molecule has 0 saturated carbocycles. The average molecular weight is 298 g/mol. The van der Waals surface area contributed by atoms with Crippen molar-refractivity contribution in [3.63, 3.8) is 0 Å². The number of rotatable bonds is 11. The minimum absolute atomic E-state index is 0.0851. The van der Waals surface area contributed by atoms with Crippen molar-refractivity contribution in [1.82, 2.24) is 5.32 Å². The van der Waals surface area contributed by atoms with Gasteiger partial charge < -0.3 is 15.8 Å². The summed E-state index contributed by atoms with van der Waals surface area (Å²) in [6, 6.07) is -0.147. The molecule has 0 aliphatic heterocycles. The third-order valence-corrected chi connectivity index (χ3v) is 3.73. The van der Waals surface area contributed by atoms with E-state index in [2.05, 4.69) is 25.7 Å². The van der Waals surface area contributed by atoms with Crippen molar-refractivity contribution >= 4 is 5.97 Å². The summed E-state index contributed by atoms with van der Waals surface area (Å²) in [7, 11) is 0. The van der Waals surface area contributed by atoms with E-state index in [1.165, 1.54) is 19.3 Å². The van der Waals surface area contributed by atoms with Crippen molar-refractivity contribution in [3.8, 4) is 0 Å². The molecule has 0 amide bonds. The number of nitrogens with one attached hydrogen (secondary N) is 1. The number of hydrogen-bond donors (Lipinski definition) is 2. The van der Waals surface area contributed by atoms with Crippen LogP contribution in [-0.4, -0.2) is 24.7 Å². The topological polar surface area (TPSA) is 64.3 Å². The zero-order chi connectivity index (χ0) is 16.4. The van der Waals surface area contributed by atoms with Crippen LogP contribution in [0.3, 0.4) is 0 Å². The first kappa shape index (κ1) is 20.0. The van der Waals surface area contributed by atoms with Crippen molar-refractivity contribution in [2.45, 2.75) is 72.4 Å². The van der Waals surface area contributed by atoms with Crippen LogP contribution in [-0.2, 0) is 9.53 Å². The van der Waals surface area contributed by atoms with E-state index in [0.717, 1.165) is 12.1 Å². The van der Waals surface area contributed by atoms with Gasteiger partial charge in [-0.3, -0.25) is 4.79 Å². The van der Waals surface area contributed by atoms with Crippen molar-refractivity contribution < 1.29 is 9.53 Å². The zero-order valence-corrected chi connectivity index (χ0v) is 14.4. The Morgan fingerprint density at radius 2 is 1.86 bits per heavy atom. The van der Waals surface area contributed by atoms with E-state index >= 15 is 0 Å². The summed E-state index contributed by atoms with van der Waals surface area (Å²) in [6.45, 7) is 14.6. The van der Waals surface area contributed by atoms with Crippen LogP contribution in [0, 0.1) is 11.8 Å². The maximum Gasteiger partial charge on any atom is 0.323 e. The number of hydrogen-bond acceptors (Lipinski definition) is 4. The molecule has 124 valence electrons. The maximum absolute atomic E-state index is 11.7. The van der Waals surface area contributed by atoms with E-state index in [9.17, 15) is 4.79 Å². The van der Waals surface area contributed by atoms with E-state index in [-0.39, 0.29) is 17.8 Å². The molecule has 3 N–H and O–H groups in total. The lowest BCUT2D eigenvalue weighted by Gasteiger charge is -2.22. The van der Waals surface area contributed by atoms with Gasteiger partial charge in [0.1, 0.15) is 6.04 Å². The van der Waals surface area contributed by atoms with Crippen molar-refractivity contribution in [2.75, 3.05) is 6.61 Å². The first-order valence-electron chi connectivity index (χ1n) is 8.17. The van der Waals surface area contributed by atoms with Crippen molar-refractivity contribution in [1.29, 1.82) is 0 Å². The highest BCUT2D eigenvalue weighted by Crippen LogP contribution is 2.11. The van der Waals surface area contributed by atoms with Gasteiger partial charge in [0.05, 0.1) is 6.61 Å². The highest BCUT2D eigenvalue weighted by molar-refractivity contribution is 5.75. The van der Waals surface area contributed by atoms with Crippen molar-refractivity contribution in [3.05, 3.63) is 12.3 Å². The predicted octanol–water partition coefficient (Wildman–Crippen LogP) is 3.22. The smallest absolute Gasteiger partial charge is 0.323 e. The fourth-order valence-corrected chi connectivity index (χ4v) is 1.91. The number of ether oxygens (including phenoxy) is 1. The molecule has 0 aromatic rings. The average Bonchev–Trinajstić information content (AvgIpc) is 2.43. The molecule has 0 fully saturated rings. The molecule has 3 atom stereocenters. The lowest BCUT2D eigenvalue weighted by atomic mass is 10.1. The van der Waals surface area contributed by atoms with Crippen LogP contribution in [0.2, 0.25) is 0 Å². The Morgan fingerprint density at radius 1 is 1.24 bits per heavy atom. The zero-order valence-electron chi connectivity index (χ0n) is 14.4. The lowest BCUT2D eigenvalue weighted by Crippen LogP contribution is -2.38. The highest BCUT2D eigenvalue weighted by atomic mass is 16.5. The standard InChI is InChI=1S/C17H34N2O2/c1-7-8-9-10-14(5)19-15(6)13(4)11-21-17(20)16(18)12(2)3/h12-14,16,19H,6-11,18H2,1-5H3/t13-,14-,16?/m1/s1. The Bertz CT molecular complexity index is 316. The summed E-state index contributed by atoms with van der Waals surface area (Å²) in [5.41, 5.74) is 6.68. The molecule has 4 nitrogen and oxygen atoms in total. The Morgan fingerprint density at radius 3 is 2.38 bits per heavy atom. The highest BCUT2D eigenvalue weighted by Gasteiger charge is 2.20. The number of nitrogens with two attached hydrogens (primary N) is 1. The van der Waals surface area contributed by atoms with Crippen molar-refractivity contribution in [2.24, 2.45) is 17.6 Å². The van der Waals surface area contributed by atoms with Crippen LogP contribution >= 0.6 is 0 Å². The first-order chi connectivity index (χ1) is 9.79. The normalized spacial score (nSPS) is 15.4. The lowest BCUT2D eigenvalue weighted by molar-refractivity contribution is -0.147. The summed E-state index contributed by atoms with van der Waals surface area (Å²) < 4.78 is 5.26. The summed E-state index contributed by atoms with van der Waals surface area (Å²) >= 11 is 0. The number of unbranched alkanes of at least 4 members (excludes halogenated alkanes) is 2. The van der Waals surface area contributed by atoms with Gasteiger partial charge >= 0.3 is 5.97 Å². The minimum Gasteiger partial charge on any atom is -0.464 e. The molecular formula is C17H34N2O2. The second kappa shape index (κ2) is 10.7. The van der Waals surface area contributed by atoms with E-state index in [4.69, 9.17) is 10.5 Å². The van der Waals surface area contributed by atoms with Gasteiger partial charge in [-0.25, -0.2) is 0 Å². The number of carbonyl (C=O) groups is 1. The molecule has 4 heteroatoms. The van der Waals surface area contributed by atoms with Gasteiger partial charge in [-0.1, -0.05) is 53.5 Å². The van der Waals surface area contributed by atoms with Crippen LogP contribution in [0.5, 0.6) is 0 Å². The molecule has 0 radical (unpaired) electrons. The molecule has 0 aliphatic rings. The van der Waals surface area contributed by atoms with Gasteiger partial charge in [0.15, 0.2) is 0 Å². The Hall–Kier alpha value is -1.03. The van der Waals surface area contributed by atoms with E-state index in [1.807, 2.05) is 20.8 Å². The molecule has 0 spiro atoms. The number of esters is 1. The van der Waals surface area contributed by atoms with Gasteiger partial charge in [0.2, 0.25) is 0 Å². The molecule has 0 aromatic heterocycles. The number of carbonyl (C=O) groups excluding carboxylic acids is 1. The minimum atomic E-state index is -0.550. The molecule has 0 heterocycles. The molecule has 0 saturated heterocycles. The fraction of sp³-hybridized carbons (Fsp3) is 0.824. The van der Waals surface area contributed by atoms with Gasteiger partial charge in [-0.15, -0.1) is 0 Å². The monoisotopic (exact) mass is 298 g/mol. The predicted molar refractivity (Wildman–Crippen MR) is 88.8 cm³/mol. The van der Waals surface area contributed by atoms with Crippen LogP contribution in [0.4, 0.5) is 0 Å². The molecule has 21 heavy (non-hydrogen) atoms. The largest absolute Gasteiger partial charge is 0.464 e. The summed E-state index contributed by atoms with van der Waals surface area (Å²) in [6.07, 6.45) is 4.86. The van der Waals surface area contributed by atoms with Crippen LogP contribution < -0.4 is 11.1 Å². The van der Waals surface area contributed by atoms with E-state index in [1.54, 1.807) is 0 Å². The molecule has 0 bridgehead atoms. The van der Waals surface area contributed by atoms with E-state index < -0.39 is 6.04 Å². The van der Waals surface area contributed by atoms with Gasteiger partial charge in [-0.05, 0) is 19.3 Å². The molecule has 1 unspecified atom stereocenters. The van der Waals surface area contributed by atoms with Gasteiger partial charge in [0.25, 0.3) is 0 Å². The fourth-order valence-electron chi connectivity index (χ4n) is 1.91. The summed E-state index contributed by atoms with van der Waals surface area (Å²) in [5.74, 6) is -0.157. The third-order valence-electron chi connectivity index (χ3n) is 3.73. The second-order valence-electron chi connectivity index (χ2n) is 6.37. The summed E-state index contributed by atoms with van der Waals surface area (Å²) in [5, 5.41) is 3.40. The van der Waals surface area contributed by atoms with Crippen LogP contribution in [0.15, 0.2) is 12.3 Å². The SMILES string of the molecule is C=C(N[C@H](C)CCCCC)[C@H](C)COC(=O)C(N)C(C)C. The quantitative estimate of drug-likeness (QED) is 0.454. The van der Waals surface area contributed by atoms with Crippen LogP contribution in [0.25, 0.3) is 0 Å². The molecule has 0 rings (SSSR count). The Kier molecular flexibility index (Phi) is 10.1. The Labute approximate surface area is 130 Å². The van der Waals surface area contributed by atoms with E-state index in [0.29, 0.717) is 12.6 Å². The van der Waals surface area contributed by atoms with Gasteiger partial charge in [0, 0.05) is 17.7 Å². The Balaban J connectivity index is 4.02. The summed E-state index contributed by atoms with van der Waals surface area (Å²) in [4.78, 5) is 11.7. The second-order valence-corrected chi connectivity index (χ2v) is 6.37. The third kappa shape index (κ3) is 8.76. The maximum atomic E-state index is 11.7. The van der Waals surface area contributed by atoms with Crippen LogP contribution in [0.1, 0.15) is 60.3 Å². The van der Waals surface area contributed by atoms with Gasteiger partial charge in [-0.2, -0.15) is 0 Å². The first-order valence-corrected chi connectivity index (χ1v) is 8.17. The molecule has 0 aromatic carbocycles. The molecule has 0 aliphatic carbocycles.